The minimum absolute atomic E-state index is 0.0188. The normalized spacial score (nSPS) is 20.3. The quantitative estimate of drug-likeness (QED) is 0.852. The maximum atomic E-state index is 12.9. The van der Waals surface area contributed by atoms with E-state index in [4.69, 9.17) is 9.26 Å². The largest absolute Gasteiger partial charge is 0.452 e. The Hall–Kier alpha value is -2.70. The van der Waals surface area contributed by atoms with Gasteiger partial charge in [0.2, 0.25) is 5.88 Å². The molecule has 1 saturated carbocycles. The van der Waals surface area contributed by atoms with Crippen LogP contribution >= 0.6 is 0 Å². The van der Waals surface area contributed by atoms with Gasteiger partial charge in [0.1, 0.15) is 5.82 Å². The summed E-state index contributed by atoms with van der Waals surface area (Å²) in [6.07, 6.45) is -0.308. The fourth-order valence-corrected chi connectivity index (χ4v) is 2.49. The van der Waals surface area contributed by atoms with E-state index < -0.39 is 18.0 Å². The minimum Gasteiger partial charge on any atom is -0.452 e. The number of ether oxygens (including phenoxy) is 1. The standard InChI is InChI=1S/C17H17FN2O4/c1-9-7-15(24-20-9)19-16(21)10(2)23-17(22)14-8-13(14)11-3-5-12(18)6-4-11/h3-7,10,13-14H,8H2,1-2H3,(H,19,21)/t10-,13-,14+/m0/s1. The molecule has 0 bridgehead atoms. The maximum Gasteiger partial charge on any atom is 0.310 e. The summed E-state index contributed by atoms with van der Waals surface area (Å²) < 4.78 is 23.0. The lowest BCUT2D eigenvalue weighted by molar-refractivity contribution is -0.154. The highest BCUT2D eigenvalue weighted by Gasteiger charge is 2.46. The topological polar surface area (TPSA) is 81.4 Å². The molecule has 0 radical (unpaired) electrons. The number of hydrogen-bond donors (Lipinski definition) is 1. The van der Waals surface area contributed by atoms with Crippen molar-refractivity contribution < 1.29 is 23.2 Å². The number of carbonyl (C=O) groups is 2. The number of aromatic nitrogens is 1. The Morgan fingerprint density at radius 3 is 2.71 bits per heavy atom. The van der Waals surface area contributed by atoms with Crippen LogP contribution in [0.2, 0.25) is 0 Å². The lowest BCUT2D eigenvalue weighted by atomic mass is 10.1. The Morgan fingerprint density at radius 2 is 2.08 bits per heavy atom. The van der Waals surface area contributed by atoms with Crippen LogP contribution in [0.15, 0.2) is 34.9 Å². The van der Waals surface area contributed by atoms with Crippen LogP contribution in [0.25, 0.3) is 0 Å². The summed E-state index contributed by atoms with van der Waals surface area (Å²) >= 11 is 0. The van der Waals surface area contributed by atoms with Crippen LogP contribution in [-0.4, -0.2) is 23.1 Å². The molecule has 1 aliphatic rings. The van der Waals surface area contributed by atoms with E-state index in [9.17, 15) is 14.0 Å². The molecule has 126 valence electrons. The van der Waals surface area contributed by atoms with Crippen molar-refractivity contribution in [3.05, 3.63) is 47.4 Å². The molecule has 0 unspecified atom stereocenters. The molecule has 1 N–H and O–H groups in total. The molecule has 6 nitrogen and oxygen atoms in total. The fraction of sp³-hybridized carbons (Fsp3) is 0.353. The van der Waals surface area contributed by atoms with E-state index >= 15 is 0 Å². The van der Waals surface area contributed by atoms with Crippen LogP contribution in [0.5, 0.6) is 0 Å². The number of carbonyl (C=O) groups excluding carboxylic acids is 2. The maximum absolute atomic E-state index is 12.9. The van der Waals surface area contributed by atoms with Crippen LogP contribution in [0.1, 0.15) is 30.5 Å². The SMILES string of the molecule is Cc1cc(NC(=O)[C@H](C)OC(=O)[C@@H]2C[C@H]2c2ccc(F)cc2)on1. The van der Waals surface area contributed by atoms with Crippen molar-refractivity contribution in [2.75, 3.05) is 5.32 Å². The van der Waals surface area contributed by atoms with Crippen molar-refractivity contribution in [1.82, 2.24) is 5.16 Å². The number of nitrogens with zero attached hydrogens (tertiary/aromatic N) is 1. The number of nitrogens with one attached hydrogen (secondary N) is 1. The average Bonchev–Trinajstić information content (AvgIpc) is 3.24. The summed E-state index contributed by atoms with van der Waals surface area (Å²) in [5.41, 5.74) is 1.53. The summed E-state index contributed by atoms with van der Waals surface area (Å²) in [6, 6.07) is 7.63. The third kappa shape index (κ3) is 3.61. The molecular weight excluding hydrogens is 315 g/mol. The van der Waals surface area contributed by atoms with E-state index in [-0.39, 0.29) is 23.5 Å². The van der Waals surface area contributed by atoms with E-state index in [1.165, 1.54) is 19.1 Å². The van der Waals surface area contributed by atoms with Gasteiger partial charge in [0.25, 0.3) is 5.91 Å². The average molecular weight is 332 g/mol. The molecule has 0 saturated heterocycles. The second-order valence-corrected chi connectivity index (χ2v) is 5.90. The zero-order valence-corrected chi connectivity index (χ0v) is 13.3. The Labute approximate surface area is 138 Å². The van der Waals surface area contributed by atoms with Crippen LogP contribution in [0, 0.1) is 18.7 Å². The molecule has 24 heavy (non-hydrogen) atoms. The van der Waals surface area contributed by atoms with Gasteiger partial charge in [-0.15, -0.1) is 0 Å². The Morgan fingerprint density at radius 1 is 1.38 bits per heavy atom. The summed E-state index contributed by atoms with van der Waals surface area (Å²) in [5.74, 6) is -1.30. The minimum atomic E-state index is -0.947. The molecule has 1 amide bonds. The highest BCUT2D eigenvalue weighted by atomic mass is 19.1. The molecule has 0 aliphatic heterocycles. The molecule has 1 heterocycles. The monoisotopic (exact) mass is 332 g/mol. The van der Waals surface area contributed by atoms with E-state index in [1.807, 2.05) is 0 Å². The predicted octanol–water partition coefficient (Wildman–Crippen LogP) is 2.80. The molecule has 2 aromatic rings. The lowest BCUT2D eigenvalue weighted by Gasteiger charge is -2.12. The molecular formula is C17H17FN2O4. The molecule has 3 atom stereocenters. The second-order valence-electron chi connectivity index (χ2n) is 5.90. The zero-order valence-electron chi connectivity index (χ0n) is 13.3. The van der Waals surface area contributed by atoms with Crippen molar-refractivity contribution in [2.45, 2.75) is 32.3 Å². The van der Waals surface area contributed by atoms with E-state index in [1.54, 1.807) is 25.1 Å². The number of rotatable bonds is 5. The molecule has 0 spiro atoms. The zero-order chi connectivity index (χ0) is 17.3. The predicted molar refractivity (Wildman–Crippen MR) is 82.7 cm³/mol. The lowest BCUT2D eigenvalue weighted by Crippen LogP contribution is -2.30. The van der Waals surface area contributed by atoms with Gasteiger partial charge in [0, 0.05) is 6.07 Å². The number of anilines is 1. The first-order valence-electron chi connectivity index (χ1n) is 7.64. The smallest absolute Gasteiger partial charge is 0.310 e. The number of benzene rings is 1. The number of aryl methyl sites for hydroxylation is 1. The summed E-state index contributed by atoms with van der Waals surface area (Å²) in [4.78, 5) is 24.1. The van der Waals surface area contributed by atoms with Crippen molar-refractivity contribution in [3.63, 3.8) is 0 Å². The van der Waals surface area contributed by atoms with Gasteiger partial charge in [-0.05, 0) is 43.9 Å². The Bertz CT molecular complexity index is 756. The Kier molecular flexibility index (Phi) is 4.33. The third-order valence-electron chi connectivity index (χ3n) is 3.93. The molecule has 1 aromatic heterocycles. The second kappa shape index (κ2) is 6.43. The van der Waals surface area contributed by atoms with Gasteiger partial charge in [-0.3, -0.25) is 14.9 Å². The van der Waals surface area contributed by atoms with Gasteiger partial charge in [0.05, 0.1) is 11.6 Å². The number of esters is 1. The van der Waals surface area contributed by atoms with Crippen LogP contribution in [0.3, 0.4) is 0 Å². The number of hydrogen-bond acceptors (Lipinski definition) is 5. The van der Waals surface area contributed by atoms with Crippen molar-refractivity contribution in [1.29, 1.82) is 0 Å². The van der Waals surface area contributed by atoms with E-state index in [0.29, 0.717) is 12.1 Å². The first-order chi connectivity index (χ1) is 11.4. The molecule has 7 heteroatoms. The van der Waals surface area contributed by atoms with Gasteiger partial charge < -0.3 is 9.26 Å². The number of halogens is 1. The summed E-state index contributed by atoms with van der Waals surface area (Å²) in [7, 11) is 0. The van der Waals surface area contributed by atoms with E-state index in [2.05, 4.69) is 10.5 Å². The van der Waals surface area contributed by atoms with Gasteiger partial charge >= 0.3 is 5.97 Å². The van der Waals surface area contributed by atoms with Crippen molar-refractivity contribution in [3.8, 4) is 0 Å². The van der Waals surface area contributed by atoms with Gasteiger partial charge in [-0.2, -0.15) is 0 Å². The highest BCUT2D eigenvalue weighted by molar-refractivity contribution is 5.94. The molecule has 1 aliphatic carbocycles. The van der Waals surface area contributed by atoms with Crippen LogP contribution in [0.4, 0.5) is 10.3 Å². The summed E-state index contributed by atoms with van der Waals surface area (Å²) in [5, 5.41) is 6.14. The first-order valence-corrected chi connectivity index (χ1v) is 7.64. The number of amides is 1. The molecule has 3 rings (SSSR count). The van der Waals surface area contributed by atoms with E-state index in [0.717, 1.165) is 5.56 Å². The first kappa shape index (κ1) is 16.2. The van der Waals surface area contributed by atoms with Crippen molar-refractivity contribution >= 4 is 17.8 Å². The summed E-state index contributed by atoms with van der Waals surface area (Å²) in [6.45, 7) is 3.22. The van der Waals surface area contributed by atoms with Crippen LogP contribution in [-0.2, 0) is 14.3 Å². The third-order valence-corrected chi connectivity index (χ3v) is 3.93. The molecule has 1 aromatic carbocycles. The van der Waals surface area contributed by atoms with Crippen LogP contribution < -0.4 is 5.32 Å². The Balaban J connectivity index is 1.51. The van der Waals surface area contributed by atoms with Crippen molar-refractivity contribution in [2.24, 2.45) is 5.92 Å². The van der Waals surface area contributed by atoms with Gasteiger partial charge in [0.15, 0.2) is 6.10 Å². The molecule has 1 fully saturated rings. The van der Waals surface area contributed by atoms with Gasteiger partial charge in [-0.25, -0.2) is 4.39 Å². The highest BCUT2D eigenvalue weighted by Crippen LogP contribution is 2.48. The fourth-order valence-electron chi connectivity index (χ4n) is 2.49. The van der Waals surface area contributed by atoms with Gasteiger partial charge in [-0.1, -0.05) is 17.3 Å².